The first-order valence-electron chi connectivity index (χ1n) is 9.01. The molecule has 4 rings (SSSR count). The minimum Gasteiger partial charge on any atom is -0.390 e. The molecular formula is C18H20N6O4S. The Morgan fingerprint density at radius 3 is 2.69 bits per heavy atom. The Bertz CT molecular complexity index is 1140. The van der Waals surface area contributed by atoms with E-state index in [4.69, 9.17) is 0 Å². The molecule has 2 N–H and O–H groups in total. The summed E-state index contributed by atoms with van der Waals surface area (Å²) in [5.74, 6) is 0.316. The molecule has 1 saturated heterocycles. The maximum absolute atomic E-state index is 11.7. The molecule has 0 spiro atoms. The molecule has 11 heteroatoms. The van der Waals surface area contributed by atoms with Gasteiger partial charge in [-0.25, -0.2) is 17.9 Å². The molecule has 0 bridgehead atoms. The monoisotopic (exact) mass is 416 g/mol. The summed E-state index contributed by atoms with van der Waals surface area (Å²) in [6.45, 7) is 0.345. The van der Waals surface area contributed by atoms with E-state index in [0.717, 1.165) is 23.8 Å². The van der Waals surface area contributed by atoms with Crippen LogP contribution in [0.4, 0.5) is 5.95 Å². The summed E-state index contributed by atoms with van der Waals surface area (Å²) in [6.07, 6.45) is 4.57. The van der Waals surface area contributed by atoms with E-state index in [1.54, 1.807) is 22.8 Å². The van der Waals surface area contributed by atoms with Crippen LogP contribution >= 0.6 is 0 Å². The van der Waals surface area contributed by atoms with E-state index in [-0.39, 0.29) is 12.6 Å². The van der Waals surface area contributed by atoms with Crippen molar-refractivity contribution in [3.8, 4) is 11.4 Å². The fraction of sp³-hybridized carbons (Fsp3) is 0.333. The molecule has 0 unspecified atom stereocenters. The van der Waals surface area contributed by atoms with Crippen LogP contribution in [-0.2, 0) is 10.0 Å². The van der Waals surface area contributed by atoms with Crippen LogP contribution in [0.15, 0.2) is 36.7 Å². The lowest BCUT2D eigenvalue weighted by Gasteiger charge is -2.34. The molecular weight excluding hydrogens is 396 g/mol. The third-order valence-electron chi connectivity index (χ3n) is 4.91. The van der Waals surface area contributed by atoms with Gasteiger partial charge in [0.05, 0.1) is 41.5 Å². The number of piperidine rings is 1. The number of pyridine rings is 1. The zero-order valence-electron chi connectivity index (χ0n) is 15.6. The molecule has 0 aromatic carbocycles. The first-order valence-corrected chi connectivity index (χ1v) is 10.9. The van der Waals surface area contributed by atoms with Crippen molar-refractivity contribution < 1.29 is 18.3 Å². The summed E-state index contributed by atoms with van der Waals surface area (Å²) < 4.78 is 26.3. The maximum atomic E-state index is 11.7. The molecule has 1 fully saturated rings. The van der Waals surface area contributed by atoms with Crippen molar-refractivity contribution in [1.82, 2.24) is 23.9 Å². The molecule has 3 aromatic heterocycles. The van der Waals surface area contributed by atoms with Crippen LogP contribution in [-0.4, -0.2) is 75.2 Å². The lowest BCUT2D eigenvalue weighted by atomic mass is 10.0. The quantitative estimate of drug-likeness (QED) is 0.572. The second-order valence-electron chi connectivity index (χ2n) is 6.96. The number of β-amino-alcohol motifs (C(OH)–C–C–N with tert-alkyl or cyclic N) is 1. The number of carbonyl (C=O) groups is 1. The predicted molar refractivity (Wildman–Crippen MR) is 106 cm³/mol. The van der Waals surface area contributed by atoms with Crippen molar-refractivity contribution in [1.29, 1.82) is 0 Å². The first kappa shape index (κ1) is 19.4. The highest BCUT2D eigenvalue weighted by Gasteiger charge is 2.32. The lowest BCUT2D eigenvalue weighted by Crippen LogP contribution is -2.51. The number of fused-ring (bicyclic) bond motifs is 1. The van der Waals surface area contributed by atoms with Crippen LogP contribution in [0.25, 0.3) is 16.9 Å². The van der Waals surface area contributed by atoms with Crippen molar-refractivity contribution in [2.75, 3.05) is 24.7 Å². The number of rotatable bonds is 5. The van der Waals surface area contributed by atoms with E-state index in [1.165, 1.54) is 10.5 Å². The van der Waals surface area contributed by atoms with Gasteiger partial charge < -0.3 is 10.4 Å². The Morgan fingerprint density at radius 1 is 1.21 bits per heavy atom. The van der Waals surface area contributed by atoms with Gasteiger partial charge in [0, 0.05) is 24.8 Å². The van der Waals surface area contributed by atoms with Crippen molar-refractivity contribution in [2.45, 2.75) is 18.6 Å². The van der Waals surface area contributed by atoms with Crippen molar-refractivity contribution in [3.63, 3.8) is 0 Å². The van der Waals surface area contributed by atoms with Crippen LogP contribution in [0.3, 0.4) is 0 Å². The first-order chi connectivity index (χ1) is 13.8. The fourth-order valence-corrected chi connectivity index (χ4v) is 4.19. The van der Waals surface area contributed by atoms with Crippen LogP contribution in [0, 0.1) is 0 Å². The molecule has 4 heterocycles. The standard InChI is InChI=1S/C18H20N6O4S/c1-29(27,28)23-7-6-15(17(26)10-23)21-18-20-9-13-3-5-16(24(13)22-18)14-4-2-12(11-25)8-19-14/h2-5,8-9,11,15,17,26H,6-7,10H2,1H3,(H,21,22)/t15-,17-/m1/s1. The molecule has 1 aliphatic heterocycles. The highest BCUT2D eigenvalue weighted by atomic mass is 32.2. The zero-order chi connectivity index (χ0) is 20.6. The summed E-state index contributed by atoms with van der Waals surface area (Å²) in [7, 11) is -3.34. The molecule has 0 radical (unpaired) electrons. The summed E-state index contributed by atoms with van der Waals surface area (Å²) in [5.41, 5.74) is 2.64. The smallest absolute Gasteiger partial charge is 0.241 e. The topological polar surface area (TPSA) is 130 Å². The number of anilines is 1. The van der Waals surface area contributed by atoms with Crippen LogP contribution in [0.1, 0.15) is 16.8 Å². The third kappa shape index (κ3) is 3.97. The minimum atomic E-state index is -3.34. The van der Waals surface area contributed by atoms with Gasteiger partial charge in [0.25, 0.3) is 0 Å². The van der Waals surface area contributed by atoms with Gasteiger partial charge in [-0.3, -0.25) is 9.78 Å². The predicted octanol–water partition coefficient (Wildman–Crippen LogP) is 0.410. The average Bonchev–Trinajstić information content (AvgIpc) is 3.12. The highest BCUT2D eigenvalue weighted by Crippen LogP contribution is 2.21. The van der Waals surface area contributed by atoms with Crippen molar-refractivity contribution in [2.24, 2.45) is 0 Å². The fourth-order valence-electron chi connectivity index (χ4n) is 3.33. The Hall–Kier alpha value is -2.89. The normalized spacial score (nSPS) is 20.6. The number of aromatic nitrogens is 4. The molecule has 0 aliphatic carbocycles. The summed E-state index contributed by atoms with van der Waals surface area (Å²) >= 11 is 0. The third-order valence-corrected chi connectivity index (χ3v) is 6.18. The van der Waals surface area contributed by atoms with E-state index in [0.29, 0.717) is 30.2 Å². The van der Waals surface area contributed by atoms with Gasteiger partial charge in [-0.2, -0.15) is 4.31 Å². The van der Waals surface area contributed by atoms with Gasteiger partial charge >= 0.3 is 0 Å². The number of carbonyl (C=O) groups excluding carboxylic acids is 1. The highest BCUT2D eigenvalue weighted by molar-refractivity contribution is 7.88. The Labute approximate surface area is 167 Å². The molecule has 1 aliphatic rings. The lowest BCUT2D eigenvalue weighted by molar-refractivity contribution is 0.0950. The molecule has 152 valence electrons. The Kier molecular flexibility index (Phi) is 5.03. The molecule has 29 heavy (non-hydrogen) atoms. The largest absolute Gasteiger partial charge is 0.390 e. The molecule has 2 atom stereocenters. The van der Waals surface area contributed by atoms with Crippen LogP contribution < -0.4 is 5.32 Å². The van der Waals surface area contributed by atoms with Crippen molar-refractivity contribution >= 4 is 27.8 Å². The molecule has 3 aromatic rings. The van der Waals surface area contributed by atoms with E-state index < -0.39 is 16.1 Å². The summed E-state index contributed by atoms with van der Waals surface area (Å²) in [5, 5.41) is 17.9. The van der Waals surface area contributed by atoms with E-state index in [1.807, 2.05) is 12.1 Å². The Morgan fingerprint density at radius 2 is 2.03 bits per heavy atom. The number of nitrogens with zero attached hydrogens (tertiary/aromatic N) is 5. The number of hydrogen-bond acceptors (Lipinski definition) is 8. The second kappa shape index (κ2) is 7.50. The average molecular weight is 416 g/mol. The number of sulfonamides is 1. The minimum absolute atomic E-state index is 0.0283. The SMILES string of the molecule is CS(=O)(=O)N1CC[C@@H](Nc2ncc3ccc(-c4ccc(C=O)cn4)n3n2)[C@H](O)C1. The Balaban J connectivity index is 1.57. The number of nitrogens with one attached hydrogen (secondary N) is 1. The van der Waals surface area contributed by atoms with Gasteiger partial charge in [-0.1, -0.05) is 0 Å². The summed E-state index contributed by atoms with van der Waals surface area (Å²) in [6, 6.07) is 6.77. The molecule has 0 saturated carbocycles. The van der Waals surface area contributed by atoms with E-state index in [9.17, 15) is 18.3 Å². The van der Waals surface area contributed by atoms with Gasteiger partial charge in [-0.05, 0) is 30.7 Å². The van der Waals surface area contributed by atoms with Gasteiger partial charge in [0.15, 0.2) is 6.29 Å². The van der Waals surface area contributed by atoms with Gasteiger partial charge in [-0.15, -0.1) is 5.10 Å². The van der Waals surface area contributed by atoms with E-state index in [2.05, 4.69) is 20.4 Å². The molecule has 0 amide bonds. The second-order valence-corrected chi connectivity index (χ2v) is 8.94. The van der Waals surface area contributed by atoms with Crippen LogP contribution in [0.5, 0.6) is 0 Å². The van der Waals surface area contributed by atoms with E-state index >= 15 is 0 Å². The maximum Gasteiger partial charge on any atom is 0.241 e. The zero-order valence-corrected chi connectivity index (χ0v) is 16.5. The van der Waals surface area contributed by atoms with Gasteiger partial charge in [0.2, 0.25) is 16.0 Å². The number of aliphatic hydroxyl groups excluding tert-OH is 1. The van der Waals surface area contributed by atoms with Crippen molar-refractivity contribution in [3.05, 3.63) is 42.2 Å². The van der Waals surface area contributed by atoms with Crippen LogP contribution in [0.2, 0.25) is 0 Å². The summed E-state index contributed by atoms with van der Waals surface area (Å²) in [4.78, 5) is 19.4. The molecule has 10 nitrogen and oxygen atoms in total. The number of aldehydes is 1. The van der Waals surface area contributed by atoms with Gasteiger partial charge in [0.1, 0.15) is 0 Å². The number of aliphatic hydroxyl groups is 1. The number of hydrogen-bond donors (Lipinski definition) is 2.